The second-order valence-corrected chi connectivity index (χ2v) is 13.3. The molecule has 5 aromatic rings. The van der Waals surface area contributed by atoms with E-state index in [0.717, 1.165) is 22.3 Å². The number of carbonyl (C=O) groups is 1. The number of likely N-dealkylation sites (N-methyl/N-ethyl adjacent to an activating group) is 1. The Bertz CT molecular complexity index is 2040. The molecule has 0 aromatic heterocycles. The van der Waals surface area contributed by atoms with Crippen LogP contribution in [0.2, 0.25) is 0 Å². The Kier molecular flexibility index (Phi) is 12.2. The predicted octanol–water partition coefficient (Wildman–Crippen LogP) is 8.07. The number of amides is 1. The Hall–Kier alpha value is -4.98. The third-order valence-corrected chi connectivity index (χ3v) is 9.79. The molecule has 0 spiro atoms. The van der Waals surface area contributed by atoms with Crippen LogP contribution in [0.3, 0.4) is 0 Å². The number of halogens is 5. The molecular formula is C42H39F5N2O5. The maximum atomic E-state index is 14.3. The second-order valence-electron chi connectivity index (χ2n) is 13.3. The molecule has 5 unspecified atom stereocenters. The summed E-state index contributed by atoms with van der Waals surface area (Å²) in [5.74, 6) is -12.6. The van der Waals surface area contributed by atoms with Crippen molar-refractivity contribution in [2.75, 3.05) is 13.6 Å². The Labute approximate surface area is 309 Å². The molecular weight excluding hydrogens is 707 g/mol. The Morgan fingerprint density at radius 2 is 1.39 bits per heavy atom. The van der Waals surface area contributed by atoms with Crippen LogP contribution in [0, 0.1) is 29.1 Å². The summed E-state index contributed by atoms with van der Waals surface area (Å²) >= 11 is 0. The fourth-order valence-electron chi connectivity index (χ4n) is 6.53. The fourth-order valence-corrected chi connectivity index (χ4v) is 6.53. The summed E-state index contributed by atoms with van der Waals surface area (Å²) in [5, 5.41) is 22.9. The summed E-state index contributed by atoms with van der Waals surface area (Å²) in [7, 11) is 1.94. The van der Waals surface area contributed by atoms with Crippen molar-refractivity contribution in [1.29, 1.82) is 0 Å². The van der Waals surface area contributed by atoms with E-state index in [1.807, 2.05) is 92.8 Å². The zero-order chi connectivity index (χ0) is 38.5. The number of ether oxygens (including phenoxy) is 2. The lowest BCUT2D eigenvalue weighted by Crippen LogP contribution is -2.43. The summed E-state index contributed by atoms with van der Waals surface area (Å²) in [6.45, 7) is 2.10. The van der Waals surface area contributed by atoms with Gasteiger partial charge in [0.1, 0.15) is 5.56 Å². The van der Waals surface area contributed by atoms with Crippen LogP contribution in [0.25, 0.3) is 11.1 Å². The Balaban J connectivity index is 1.20. The highest BCUT2D eigenvalue weighted by atomic mass is 19.2. The van der Waals surface area contributed by atoms with E-state index < -0.39 is 53.0 Å². The fraction of sp³-hybridized carbons (Fsp3) is 0.262. The smallest absolute Gasteiger partial charge is 0.257 e. The van der Waals surface area contributed by atoms with E-state index in [1.165, 1.54) is 0 Å². The van der Waals surface area contributed by atoms with Gasteiger partial charge in [-0.05, 0) is 47.4 Å². The summed E-state index contributed by atoms with van der Waals surface area (Å²) < 4.78 is 82.5. The van der Waals surface area contributed by atoms with Gasteiger partial charge in [-0.25, -0.2) is 22.0 Å². The number of aliphatic hydroxyl groups is 2. The zero-order valence-electron chi connectivity index (χ0n) is 29.5. The van der Waals surface area contributed by atoms with Crippen molar-refractivity contribution in [2.45, 2.75) is 57.1 Å². The maximum Gasteiger partial charge on any atom is 0.257 e. The summed E-state index contributed by atoms with van der Waals surface area (Å²) in [6.07, 6.45) is -1.57. The molecule has 12 heteroatoms. The third-order valence-electron chi connectivity index (χ3n) is 9.79. The number of carbonyl (C=O) groups excluding carboxylic acids is 1. The third kappa shape index (κ3) is 8.38. The van der Waals surface area contributed by atoms with Gasteiger partial charge in [-0.3, -0.25) is 9.69 Å². The largest absolute Gasteiger partial charge is 0.392 e. The molecule has 0 saturated carbocycles. The maximum absolute atomic E-state index is 14.3. The van der Waals surface area contributed by atoms with Gasteiger partial charge in [-0.2, -0.15) is 0 Å². The molecule has 6 rings (SSSR count). The molecule has 0 aliphatic carbocycles. The first-order chi connectivity index (χ1) is 26.0. The van der Waals surface area contributed by atoms with Crippen molar-refractivity contribution in [3.05, 3.63) is 166 Å². The van der Waals surface area contributed by atoms with Crippen LogP contribution in [0.5, 0.6) is 0 Å². The van der Waals surface area contributed by atoms with E-state index >= 15 is 0 Å². The van der Waals surface area contributed by atoms with E-state index in [1.54, 1.807) is 24.3 Å². The number of benzene rings is 5. The van der Waals surface area contributed by atoms with E-state index in [9.17, 15) is 37.0 Å². The lowest BCUT2D eigenvalue weighted by molar-refractivity contribution is -0.253. The molecule has 7 nitrogen and oxygen atoms in total. The molecule has 5 atom stereocenters. The minimum atomic E-state index is -2.34. The van der Waals surface area contributed by atoms with Crippen LogP contribution in [0.1, 0.15) is 70.0 Å². The van der Waals surface area contributed by atoms with Crippen molar-refractivity contribution in [1.82, 2.24) is 10.2 Å². The quantitative estimate of drug-likeness (QED) is 0.0680. The second kappa shape index (κ2) is 17.0. The number of rotatable bonds is 12. The summed E-state index contributed by atoms with van der Waals surface area (Å²) in [5.41, 5.74) is 3.56. The highest BCUT2D eigenvalue weighted by molar-refractivity contribution is 5.95. The minimum Gasteiger partial charge on any atom is -0.392 e. The van der Waals surface area contributed by atoms with Gasteiger partial charge < -0.3 is 25.0 Å². The molecule has 0 radical (unpaired) electrons. The van der Waals surface area contributed by atoms with Crippen molar-refractivity contribution in [3.8, 4) is 11.1 Å². The number of hydrogen-bond acceptors (Lipinski definition) is 6. The SMILES string of the molecule is CC(C(O)c1ccccc1)N(C)CC1CC(c2ccc(CO)cc2)OC(c2ccc(-c3ccccc3CNC(=O)c3c(F)c(F)c(F)c(F)c3F)cc2)O1. The Morgan fingerprint density at radius 3 is 2.04 bits per heavy atom. The van der Waals surface area contributed by atoms with Crippen LogP contribution < -0.4 is 5.32 Å². The summed E-state index contributed by atoms with van der Waals surface area (Å²) in [6, 6.07) is 31.0. The molecule has 1 aliphatic rings. The van der Waals surface area contributed by atoms with Crippen LogP contribution in [-0.2, 0) is 22.6 Å². The van der Waals surface area contributed by atoms with E-state index in [-0.39, 0.29) is 31.4 Å². The van der Waals surface area contributed by atoms with Crippen LogP contribution in [0.15, 0.2) is 103 Å². The number of aliphatic hydroxyl groups excluding tert-OH is 2. The molecule has 1 fully saturated rings. The molecule has 1 aliphatic heterocycles. The topological polar surface area (TPSA) is 91.3 Å². The van der Waals surface area contributed by atoms with Gasteiger partial charge in [-0.15, -0.1) is 0 Å². The normalized spacial score (nSPS) is 18.4. The lowest BCUT2D eigenvalue weighted by Gasteiger charge is -2.39. The lowest BCUT2D eigenvalue weighted by atomic mass is 9.97. The van der Waals surface area contributed by atoms with Gasteiger partial charge in [0.25, 0.3) is 5.91 Å². The van der Waals surface area contributed by atoms with Crippen LogP contribution in [-0.4, -0.2) is 46.8 Å². The van der Waals surface area contributed by atoms with Crippen LogP contribution in [0.4, 0.5) is 22.0 Å². The molecule has 1 amide bonds. The van der Waals surface area contributed by atoms with E-state index in [2.05, 4.69) is 10.2 Å². The zero-order valence-corrected chi connectivity index (χ0v) is 29.5. The standard InChI is InChI=1S/C42H39F5N2O5/c1-24(40(51)28-8-4-3-5-9-28)49(2)22-31-20-33(27-14-12-25(23-50)13-15-27)54-42(53-31)29-18-16-26(17-19-29)32-11-7-6-10-30(32)21-48-41(52)34-35(43)37(45)39(47)38(46)36(34)44/h3-19,24,31,33,40,42,50-51H,20-23H2,1-2H3,(H,48,52). The van der Waals surface area contributed by atoms with Crippen molar-refractivity contribution in [3.63, 3.8) is 0 Å². The molecule has 0 bridgehead atoms. The number of nitrogens with one attached hydrogen (secondary N) is 1. The first-order valence-corrected chi connectivity index (χ1v) is 17.4. The molecule has 54 heavy (non-hydrogen) atoms. The first kappa shape index (κ1) is 38.7. The van der Waals surface area contributed by atoms with E-state index in [0.29, 0.717) is 29.7 Å². The van der Waals surface area contributed by atoms with Crippen molar-refractivity contribution in [2.24, 2.45) is 0 Å². The molecule has 282 valence electrons. The van der Waals surface area contributed by atoms with Crippen LogP contribution >= 0.6 is 0 Å². The molecule has 5 aromatic carbocycles. The van der Waals surface area contributed by atoms with Gasteiger partial charge in [0.2, 0.25) is 5.82 Å². The molecule has 1 heterocycles. The van der Waals surface area contributed by atoms with Gasteiger partial charge in [0, 0.05) is 31.1 Å². The van der Waals surface area contributed by atoms with Crippen molar-refractivity contribution >= 4 is 5.91 Å². The highest BCUT2D eigenvalue weighted by Crippen LogP contribution is 2.39. The summed E-state index contributed by atoms with van der Waals surface area (Å²) in [4.78, 5) is 14.7. The highest BCUT2D eigenvalue weighted by Gasteiger charge is 2.34. The number of hydrogen-bond donors (Lipinski definition) is 3. The van der Waals surface area contributed by atoms with Gasteiger partial charge in [0.15, 0.2) is 29.6 Å². The van der Waals surface area contributed by atoms with Gasteiger partial charge in [0.05, 0.1) is 24.9 Å². The van der Waals surface area contributed by atoms with E-state index in [4.69, 9.17) is 9.47 Å². The average Bonchev–Trinajstić information content (AvgIpc) is 3.21. The van der Waals surface area contributed by atoms with Gasteiger partial charge >= 0.3 is 0 Å². The molecule has 1 saturated heterocycles. The first-order valence-electron chi connectivity index (χ1n) is 17.4. The predicted molar refractivity (Wildman–Crippen MR) is 191 cm³/mol. The van der Waals surface area contributed by atoms with Gasteiger partial charge in [-0.1, -0.05) is 103 Å². The van der Waals surface area contributed by atoms with Crippen molar-refractivity contribution < 1.29 is 46.4 Å². The monoisotopic (exact) mass is 746 g/mol. The minimum absolute atomic E-state index is 0.0836. The average molecular weight is 747 g/mol. The molecule has 3 N–H and O–H groups in total. The number of nitrogens with zero attached hydrogens (tertiary/aromatic N) is 1. The Morgan fingerprint density at radius 1 is 0.796 bits per heavy atom.